The largest absolute Gasteiger partial charge is 0.449 e. The molecule has 9 heteroatoms. The number of benzene rings is 1. The fourth-order valence-corrected chi connectivity index (χ4v) is 3.77. The molecule has 30 heavy (non-hydrogen) atoms. The third kappa shape index (κ3) is 4.91. The van der Waals surface area contributed by atoms with Crippen molar-refractivity contribution < 1.29 is 18.8 Å². The van der Waals surface area contributed by atoms with E-state index in [1.54, 1.807) is 30.8 Å². The van der Waals surface area contributed by atoms with Gasteiger partial charge < -0.3 is 14.6 Å². The van der Waals surface area contributed by atoms with Crippen molar-refractivity contribution in [3.8, 4) is 0 Å². The van der Waals surface area contributed by atoms with Crippen LogP contribution in [0.4, 0.5) is 5.69 Å². The number of nitrogens with zero attached hydrogens (tertiary/aromatic N) is 3. The Hall–Kier alpha value is -3.07. The lowest BCUT2D eigenvalue weighted by Gasteiger charge is -2.15. The van der Waals surface area contributed by atoms with E-state index in [1.807, 2.05) is 39.0 Å². The second kappa shape index (κ2) is 9.17. The van der Waals surface area contributed by atoms with Crippen molar-refractivity contribution in [3.63, 3.8) is 0 Å². The van der Waals surface area contributed by atoms with Gasteiger partial charge in [-0.05, 0) is 39.8 Å². The van der Waals surface area contributed by atoms with E-state index in [0.717, 1.165) is 22.0 Å². The second-order valence-corrected chi connectivity index (χ2v) is 7.94. The topological polar surface area (TPSA) is 99.2 Å². The molecule has 158 valence electrons. The van der Waals surface area contributed by atoms with E-state index < -0.39 is 18.0 Å². The Morgan fingerprint density at radius 3 is 2.63 bits per heavy atom. The van der Waals surface area contributed by atoms with Gasteiger partial charge in [-0.25, -0.2) is 4.79 Å². The SMILES string of the molecule is Cc1cc(CSc2ccccc2C(=O)OC(C)C(=O)Nc2c(C)nn(C)c2C)on1. The first kappa shape index (κ1) is 21.6. The molecule has 1 atom stereocenters. The minimum atomic E-state index is -0.966. The van der Waals surface area contributed by atoms with Crippen LogP contribution in [-0.4, -0.2) is 32.9 Å². The average molecular weight is 429 g/mol. The lowest BCUT2D eigenvalue weighted by molar-refractivity contribution is -0.123. The maximum atomic E-state index is 12.7. The van der Waals surface area contributed by atoms with Gasteiger partial charge in [0.25, 0.3) is 5.91 Å². The summed E-state index contributed by atoms with van der Waals surface area (Å²) in [4.78, 5) is 26.0. The molecule has 1 aromatic carbocycles. The van der Waals surface area contributed by atoms with Gasteiger partial charge in [0.05, 0.1) is 34.1 Å². The highest BCUT2D eigenvalue weighted by Gasteiger charge is 2.23. The molecule has 2 heterocycles. The summed E-state index contributed by atoms with van der Waals surface area (Å²) in [6.45, 7) is 7.06. The molecule has 1 amide bonds. The van der Waals surface area contributed by atoms with Crippen molar-refractivity contribution in [2.75, 3.05) is 5.32 Å². The fraction of sp³-hybridized carbons (Fsp3) is 0.333. The zero-order chi connectivity index (χ0) is 21.8. The molecule has 0 aliphatic carbocycles. The number of thioether (sulfide) groups is 1. The first-order chi connectivity index (χ1) is 14.3. The van der Waals surface area contributed by atoms with Crippen LogP contribution in [0.25, 0.3) is 0 Å². The van der Waals surface area contributed by atoms with Crippen molar-refractivity contribution in [3.05, 3.63) is 58.7 Å². The van der Waals surface area contributed by atoms with Crippen molar-refractivity contribution in [2.45, 2.75) is 44.4 Å². The molecular weight excluding hydrogens is 404 g/mol. The Balaban J connectivity index is 1.65. The number of aromatic nitrogens is 3. The van der Waals surface area contributed by atoms with Crippen molar-refractivity contribution in [1.29, 1.82) is 0 Å². The Morgan fingerprint density at radius 1 is 1.27 bits per heavy atom. The molecule has 0 spiro atoms. The summed E-state index contributed by atoms with van der Waals surface area (Å²) >= 11 is 1.44. The van der Waals surface area contributed by atoms with Gasteiger partial charge in [-0.2, -0.15) is 5.10 Å². The summed E-state index contributed by atoms with van der Waals surface area (Å²) in [6, 6.07) is 8.96. The minimum absolute atomic E-state index is 0.395. The zero-order valence-electron chi connectivity index (χ0n) is 17.6. The van der Waals surface area contributed by atoms with Gasteiger partial charge in [0.15, 0.2) is 6.10 Å². The standard InChI is InChI=1S/C21H24N4O4S/c1-12-10-16(29-24-12)11-30-18-9-7-6-8-17(18)21(27)28-15(4)20(26)22-19-13(2)23-25(5)14(19)3/h6-10,15H,11H2,1-5H3,(H,22,26). The normalized spacial score (nSPS) is 11.9. The van der Waals surface area contributed by atoms with Crippen molar-refractivity contribution >= 4 is 29.3 Å². The summed E-state index contributed by atoms with van der Waals surface area (Å²) < 4.78 is 12.3. The maximum absolute atomic E-state index is 12.7. The van der Waals surface area contributed by atoms with Crippen molar-refractivity contribution in [2.24, 2.45) is 7.05 Å². The van der Waals surface area contributed by atoms with Crippen LogP contribution >= 0.6 is 11.8 Å². The van der Waals surface area contributed by atoms with E-state index in [4.69, 9.17) is 9.26 Å². The summed E-state index contributed by atoms with van der Waals surface area (Å²) in [5.74, 6) is 0.273. The van der Waals surface area contributed by atoms with Crippen LogP contribution in [0.3, 0.4) is 0 Å². The van der Waals surface area contributed by atoms with E-state index in [-0.39, 0.29) is 0 Å². The second-order valence-electron chi connectivity index (χ2n) is 6.93. The molecule has 0 fully saturated rings. The Labute approximate surface area is 179 Å². The van der Waals surface area contributed by atoms with Gasteiger partial charge in [-0.15, -0.1) is 11.8 Å². The molecule has 2 aromatic heterocycles. The Bertz CT molecular complexity index is 1070. The van der Waals surface area contributed by atoms with E-state index >= 15 is 0 Å². The van der Waals surface area contributed by atoms with E-state index in [9.17, 15) is 9.59 Å². The number of hydrogen-bond acceptors (Lipinski definition) is 7. The van der Waals surface area contributed by atoms with Crippen molar-refractivity contribution in [1.82, 2.24) is 14.9 Å². The number of anilines is 1. The number of hydrogen-bond donors (Lipinski definition) is 1. The van der Waals surface area contributed by atoms with Crippen LogP contribution in [-0.2, 0) is 22.3 Å². The molecule has 3 rings (SSSR count). The molecule has 1 unspecified atom stereocenters. The number of aryl methyl sites for hydroxylation is 3. The molecule has 0 aliphatic rings. The van der Waals surface area contributed by atoms with Crippen LogP contribution in [0.1, 0.15) is 40.1 Å². The van der Waals surface area contributed by atoms with Gasteiger partial charge in [0.2, 0.25) is 0 Å². The van der Waals surface area contributed by atoms with Gasteiger partial charge in [-0.3, -0.25) is 9.48 Å². The number of carbonyl (C=O) groups excluding carboxylic acids is 2. The van der Waals surface area contributed by atoms with Gasteiger partial charge in [0, 0.05) is 18.0 Å². The molecule has 0 aliphatic heterocycles. The quantitative estimate of drug-likeness (QED) is 0.451. The molecule has 3 aromatic rings. The van der Waals surface area contributed by atoms with Crippen LogP contribution < -0.4 is 5.32 Å². The Morgan fingerprint density at radius 2 is 2.00 bits per heavy atom. The summed E-state index contributed by atoms with van der Waals surface area (Å²) in [5, 5.41) is 10.9. The van der Waals surface area contributed by atoms with Gasteiger partial charge >= 0.3 is 5.97 Å². The minimum Gasteiger partial charge on any atom is -0.449 e. The number of carbonyl (C=O) groups is 2. The highest BCUT2D eigenvalue weighted by Crippen LogP contribution is 2.27. The lowest BCUT2D eigenvalue weighted by Crippen LogP contribution is -2.30. The van der Waals surface area contributed by atoms with Crippen LogP contribution in [0.2, 0.25) is 0 Å². The van der Waals surface area contributed by atoms with Gasteiger partial charge in [-0.1, -0.05) is 17.3 Å². The van der Waals surface area contributed by atoms with Crippen LogP contribution in [0.5, 0.6) is 0 Å². The summed E-state index contributed by atoms with van der Waals surface area (Å²) in [6.07, 6.45) is -0.966. The Kier molecular flexibility index (Phi) is 6.61. The zero-order valence-corrected chi connectivity index (χ0v) is 18.4. The lowest BCUT2D eigenvalue weighted by atomic mass is 10.2. The maximum Gasteiger partial charge on any atom is 0.340 e. The number of rotatable bonds is 7. The molecule has 8 nitrogen and oxygen atoms in total. The first-order valence-corrected chi connectivity index (χ1v) is 10.4. The highest BCUT2D eigenvalue weighted by atomic mass is 32.2. The predicted molar refractivity (Wildman–Crippen MR) is 113 cm³/mol. The number of esters is 1. The average Bonchev–Trinajstić information content (AvgIpc) is 3.24. The van der Waals surface area contributed by atoms with E-state index in [1.165, 1.54) is 11.8 Å². The molecule has 0 saturated heterocycles. The number of amides is 1. The fourth-order valence-electron chi connectivity index (χ4n) is 2.85. The first-order valence-electron chi connectivity index (χ1n) is 9.42. The third-order valence-corrected chi connectivity index (χ3v) is 5.66. The van der Waals surface area contributed by atoms with Crippen LogP contribution in [0.15, 0.2) is 39.8 Å². The van der Waals surface area contributed by atoms with E-state index in [2.05, 4.69) is 15.6 Å². The van der Waals surface area contributed by atoms with Crippen LogP contribution in [0, 0.1) is 20.8 Å². The smallest absolute Gasteiger partial charge is 0.340 e. The molecule has 0 radical (unpaired) electrons. The monoisotopic (exact) mass is 428 g/mol. The molecule has 0 bridgehead atoms. The number of nitrogens with one attached hydrogen (secondary N) is 1. The summed E-state index contributed by atoms with van der Waals surface area (Å²) in [7, 11) is 1.80. The molecule has 0 saturated carbocycles. The summed E-state index contributed by atoms with van der Waals surface area (Å²) in [5.41, 5.74) is 3.35. The van der Waals surface area contributed by atoms with E-state index in [0.29, 0.717) is 22.7 Å². The highest BCUT2D eigenvalue weighted by molar-refractivity contribution is 7.98. The van der Waals surface area contributed by atoms with Gasteiger partial charge in [0.1, 0.15) is 5.76 Å². The third-order valence-electron chi connectivity index (χ3n) is 4.56. The predicted octanol–water partition coefficient (Wildman–Crippen LogP) is 3.81. The molecule has 1 N–H and O–H groups in total. The number of ether oxygens (including phenoxy) is 1. The molecular formula is C21H24N4O4S.